The highest BCUT2D eigenvalue weighted by Crippen LogP contribution is 2.22. The highest BCUT2D eigenvalue weighted by molar-refractivity contribution is 7.90. The van der Waals surface area contributed by atoms with Crippen LogP contribution in [0.3, 0.4) is 0 Å². The number of benzene rings is 1. The van der Waals surface area contributed by atoms with Gasteiger partial charge in [-0.1, -0.05) is 6.07 Å². The normalized spacial score (nSPS) is 20.6. The fourth-order valence-corrected chi connectivity index (χ4v) is 3.62. The lowest BCUT2D eigenvalue weighted by Gasteiger charge is -2.31. The number of aliphatic hydroxyl groups is 1. The third-order valence-corrected chi connectivity index (χ3v) is 4.90. The molecule has 7 heteroatoms. The average Bonchev–Trinajstić information content (AvgIpc) is 2.47. The first-order chi connectivity index (χ1) is 9.55. The van der Waals surface area contributed by atoms with Crippen molar-refractivity contribution < 1.29 is 18.3 Å². The van der Waals surface area contributed by atoms with Crippen LogP contribution in [0.1, 0.15) is 12.8 Å². The molecule has 0 aromatic heterocycles. The number of aliphatic hydroxyl groups excluding tert-OH is 1. The van der Waals surface area contributed by atoms with Crippen molar-refractivity contribution in [2.24, 2.45) is 5.92 Å². The van der Waals surface area contributed by atoms with Crippen LogP contribution in [0.5, 0.6) is 5.75 Å². The fourth-order valence-electron chi connectivity index (χ4n) is 2.29. The van der Waals surface area contributed by atoms with Crippen LogP contribution in [-0.2, 0) is 10.2 Å². The summed E-state index contributed by atoms with van der Waals surface area (Å²) in [6.07, 6.45) is 1.63. The largest absolute Gasteiger partial charge is 0.497 e. The molecule has 0 radical (unpaired) electrons. The molecular formula is C13H20N2O4S. The Morgan fingerprint density at radius 2 is 2.30 bits per heavy atom. The minimum absolute atomic E-state index is 0.0190. The predicted molar refractivity (Wildman–Crippen MR) is 76.9 cm³/mol. The van der Waals surface area contributed by atoms with E-state index in [9.17, 15) is 13.5 Å². The molecular weight excluding hydrogens is 280 g/mol. The summed E-state index contributed by atoms with van der Waals surface area (Å²) in [5.74, 6) is 0.614. The average molecular weight is 300 g/mol. The SMILES string of the molecule is COc1cccc(NS(=O)(=O)N2CCCC(CO)C2)c1. The van der Waals surface area contributed by atoms with Crippen LogP contribution < -0.4 is 9.46 Å². The van der Waals surface area contributed by atoms with E-state index in [1.165, 1.54) is 11.4 Å². The van der Waals surface area contributed by atoms with Gasteiger partial charge in [0.1, 0.15) is 5.75 Å². The Balaban J connectivity index is 2.10. The fraction of sp³-hybridized carbons (Fsp3) is 0.538. The first kappa shape index (κ1) is 15.1. The van der Waals surface area contributed by atoms with Crippen LogP contribution in [0, 0.1) is 5.92 Å². The van der Waals surface area contributed by atoms with Crippen molar-refractivity contribution in [2.75, 3.05) is 31.5 Å². The zero-order chi connectivity index (χ0) is 14.6. The number of rotatable bonds is 5. The Hall–Kier alpha value is -1.31. The second kappa shape index (κ2) is 6.43. The van der Waals surface area contributed by atoms with Gasteiger partial charge in [0.05, 0.1) is 12.8 Å². The number of hydrogen-bond donors (Lipinski definition) is 2. The summed E-state index contributed by atoms with van der Waals surface area (Å²) in [7, 11) is -2.06. The van der Waals surface area contributed by atoms with Gasteiger partial charge in [-0.25, -0.2) is 0 Å². The van der Waals surface area contributed by atoms with E-state index in [-0.39, 0.29) is 12.5 Å². The number of nitrogens with zero attached hydrogens (tertiary/aromatic N) is 1. The number of piperidine rings is 1. The van der Waals surface area contributed by atoms with E-state index >= 15 is 0 Å². The number of anilines is 1. The summed E-state index contributed by atoms with van der Waals surface area (Å²) in [6, 6.07) is 6.78. The minimum atomic E-state index is -3.59. The van der Waals surface area contributed by atoms with Gasteiger partial charge < -0.3 is 9.84 Å². The maximum atomic E-state index is 12.3. The third kappa shape index (κ3) is 3.62. The zero-order valence-electron chi connectivity index (χ0n) is 11.4. The van der Waals surface area contributed by atoms with Crippen molar-refractivity contribution in [1.82, 2.24) is 4.31 Å². The molecule has 1 fully saturated rings. The van der Waals surface area contributed by atoms with Gasteiger partial charge in [0, 0.05) is 25.8 Å². The van der Waals surface area contributed by atoms with Gasteiger partial charge in [-0.15, -0.1) is 0 Å². The monoisotopic (exact) mass is 300 g/mol. The van der Waals surface area contributed by atoms with Gasteiger partial charge in [-0.3, -0.25) is 4.72 Å². The van der Waals surface area contributed by atoms with Crippen molar-refractivity contribution in [2.45, 2.75) is 12.8 Å². The number of nitrogens with one attached hydrogen (secondary N) is 1. The Morgan fingerprint density at radius 1 is 1.50 bits per heavy atom. The first-order valence-electron chi connectivity index (χ1n) is 6.58. The molecule has 1 unspecified atom stereocenters. The van der Waals surface area contributed by atoms with Crippen molar-refractivity contribution >= 4 is 15.9 Å². The molecule has 0 spiro atoms. The standard InChI is InChI=1S/C13H20N2O4S/c1-19-13-6-2-5-12(8-13)14-20(17,18)15-7-3-4-11(9-15)10-16/h2,5-6,8,11,14,16H,3-4,7,9-10H2,1H3. The molecule has 2 rings (SSSR count). The van der Waals surface area contributed by atoms with E-state index in [1.54, 1.807) is 24.3 Å². The van der Waals surface area contributed by atoms with E-state index in [4.69, 9.17) is 4.74 Å². The quantitative estimate of drug-likeness (QED) is 0.852. The Morgan fingerprint density at radius 3 is 3.00 bits per heavy atom. The van der Waals surface area contributed by atoms with E-state index < -0.39 is 10.2 Å². The van der Waals surface area contributed by atoms with Crippen molar-refractivity contribution in [1.29, 1.82) is 0 Å². The minimum Gasteiger partial charge on any atom is -0.497 e. The molecule has 2 N–H and O–H groups in total. The lowest BCUT2D eigenvalue weighted by Crippen LogP contribution is -2.43. The topological polar surface area (TPSA) is 78.9 Å². The molecule has 1 aliphatic heterocycles. The van der Waals surface area contributed by atoms with E-state index in [0.29, 0.717) is 24.5 Å². The second-order valence-corrected chi connectivity index (χ2v) is 6.56. The van der Waals surface area contributed by atoms with Crippen LogP contribution in [-0.4, -0.2) is 44.6 Å². The summed E-state index contributed by atoms with van der Waals surface area (Å²) in [5.41, 5.74) is 0.468. The summed E-state index contributed by atoms with van der Waals surface area (Å²) in [4.78, 5) is 0. The lowest BCUT2D eigenvalue weighted by atomic mass is 10.0. The molecule has 1 atom stereocenters. The molecule has 0 saturated carbocycles. The molecule has 6 nitrogen and oxygen atoms in total. The predicted octanol–water partition coefficient (Wildman–Crippen LogP) is 1.06. The van der Waals surface area contributed by atoms with Gasteiger partial charge in [-0.2, -0.15) is 12.7 Å². The smallest absolute Gasteiger partial charge is 0.301 e. The maximum absolute atomic E-state index is 12.3. The number of hydrogen-bond acceptors (Lipinski definition) is 4. The number of ether oxygens (including phenoxy) is 1. The molecule has 0 amide bonds. The molecule has 112 valence electrons. The van der Waals surface area contributed by atoms with Gasteiger partial charge in [0.2, 0.25) is 0 Å². The van der Waals surface area contributed by atoms with Crippen molar-refractivity contribution in [3.63, 3.8) is 0 Å². The maximum Gasteiger partial charge on any atom is 0.301 e. The summed E-state index contributed by atoms with van der Waals surface area (Å²) in [6.45, 7) is 0.858. The summed E-state index contributed by atoms with van der Waals surface area (Å²) < 4.78 is 33.6. The molecule has 1 aromatic carbocycles. The van der Waals surface area contributed by atoms with Crippen LogP contribution >= 0.6 is 0 Å². The molecule has 0 aliphatic carbocycles. The van der Waals surface area contributed by atoms with Crippen LogP contribution in [0.4, 0.5) is 5.69 Å². The lowest BCUT2D eigenvalue weighted by molar-refractivity contribution is 0.166. The Kier molecular flexibility index (Phi) is 4.85. The molecule has 1 aromatic rings. The molecule has 0 bridgehead atoms. The number of methoxy groups -OCH3 is 1. The first-order valence-corrected chi connectivity index (χ1v) is 8.02. The van der Waals surface area contributed by atoms with Crippen LogP contribution in [0.15, 0.2) is 24.3 Å². The van der Waals surface area contributed by atoms with Crippen LogP contribution in [0.2, 0.25) is 0 Å². The van der Waals surface area contributed by atoms with Gasteiger partial charge in [0.25, 0.3) is 0 Å². The van der Waals surface area contributed by atoms with E-state index in [1.807, 2.05) is 0 Å². The highest BCUT2D eigenvalue weighted by atomic mass is 32.2. The molecule has 1 saturated heterocycles. The molecule has 1 aliphatic rings. The van der Waals surface area contributed by atoms with E-state index in [0.717, 1.165) is 12.8 Å². The summed E-state index contributed by atoms with van der Waals surface area (Å²) >= 11 is 0. The Bertz CT molecular complexity index is 547. The Labute approximate surface area is 119 Å². The van der Waals surface area contributed by atoms with Crippen molar-refractivity contribution in [3.05, 3.63) is 24.3 Å². The van der Waals surface area contributed by atoms with Gasteiger partial charge >= 0.3 is 10.2 Å². The summed E-state index contributed by atoms with van der Waals surface area (Å²) in [5, 5.41) is 9.17. The van der Waals surface area contributed by atoms with Gasteiger partial charge in [0.15, 0.2) is 0 Å². The zero-order valence-corrected chi connectivity index (χ0v) is 12.3. The van der Waals surface area contributed by atoms with Crippen molar-refractivity contribution in [3.8, 4) is 5.75 Å². The van der Waals surface area contributed by atoms with Gasteiger partial charge in [-0.05, 0) is 30.9 Å². The molecule has 1 heterocycles. The third-order valence-electron chi connectivity index (χ3n) is 3.40. The van der Waals surface area contributed by atoms with E-state index in [2.05, 4.69) is 4.72 Å². The highest BCUT2D eigenvalue weighted by Gasteiger charge is 2.28. The second-order valence-electron chi connectivity index (χ2n) is 4.89. The van der Waals surface area contributed by atoms with Crippen LogP contribution in [0.25, 0.3) is 0 Å². The molecule has 20 heavy (non-hydrogen) atoms.